The average molecular weight is 325 g/mol. The minimum Gasteiger partial charge on any atom is -0.394 e. The van der Waals surface area contributed by atoms with Gasteiger partial charge in [-0.05, 0) is 38.1 Å². The van der Waals surface area contributed by atoms with E-state index in [1.807, 2.05) is 17.8 Å². The third kappa shape index (κ3) is 2.72. The molecule has 1 saturated heterocycles. The molecule has 3 heterocycles. The van der Waals surface area contributed by atoms with E-state index >= 15 is 0 Å². The van der Waals surface area contributed by atoms with Crippen molar-refractivity contribution in [3.05, 3.63) is 36.3 Å². The third-order valence-electron chi connectivity index (χ3n) is 4.79. The van der Waals surface area contributed by atoms with Crippen LogP contribution in [-0.4, -0.2) is 49.0 Å². The number of benzene rings is 1. The van der Waals surface area contributed by atoms with Crippen LogP contribution in [0.2, 0.25) is 0 Å². The maximum Gasteiger partial charge on any atom is 0.182 e. The number of likely N-dealkylation sites (tertiary alicyclic amines) is 1. The SMILES string of the molecule is Cn1ccc2c(-c3nc(CN4CCCC4)n(CCO)n3)cccc21. The van der Waals surface area contributed by atoms with E-state index in [1.165, 1.54) is 18.4 Å². The fraction of sp³-hybridized carbons (Fsp3) is 0.444. The zero-order valence-corrected chi connectivity index (χ0v) is 14.0. The van der Waals surface area contributed by atoms with E-state index in [2.05, 4.69) is 39.0 Å². The van der Waals surface area contributed by atoms with Gasteiger partial charge in [0.25, 0.3) is 0 Å². The van der Waals surface area contributed by atoms with E-state index in [-0.39, 0.29) is 6.61 Å². The Labute approximate surface area is 141 Å². The molecule has 6 nitrogen and oxygen atoms in total. The molecule has 1 aliphatic rings. The van der Waals surface area contributed by atoms with Crippen molar-refractivity contribution < 1.29 is 5.11 Å². The molecule has 1 N–H and O–H groups in total. The summed E-state index contributed by atoms with van der Waals surface area (Å²) in [6.45, 7) is 3.61. The largest absolute Gasteiger partial charge is 0.394 e. The Morgan fingerprint density at radius 1 is 1.17 bits per heavy atom. The highest BCUT2D eigenvalue weighted by molar-refractivity contribution is 5.93. The molecule has 0 radical (unpaired) electrons. The van der Waals surface area contributed by atoms with Gasteiger partial charge in [-0.2, -0.15) is 5.10 Å². The molecule has 0 unspecified atom stereocenters. The van der Waals surface area contributed by atoms with Gasteiger partial charge in [0.15, 0.2) is 5.82 Å². The Bertz CT molecular complexity index is 844. The van der Waals surface area contributed by atoms with Gasteiger partial charge < -0.3 is 9.67 Å². The number of rotatable bonds is 5. The van der Waals surface area contributed by atoms with Crippen LogP contribution in [0.4, 0.5) is 0 Å². The monoisotopic (exact) mass is 325 g/mol. The Morgan fingerprint density at radius 3 is 2.79 bits per heavy atom. The first-order valence-electron chi connectivity index (χ1n) is 8.57. The van der Waals surface area contributed by atoms with Crippen LogP contribution in [0.15, 0.2) is 30.5 Å². The maximum atomic E-state index is 9.35. The van der Waals surface area contributed by atoms with Crippen molar-refractivity contribution in [2.45, 2.75) is 25.9 Å². The molecule has 1 aliphatic heterocycles. The topological polar surface area (TPSA) is 59.1 Å². The highest BCUT2D eigenvalue weighted by Crippen LogP contribution is 2.27. The summed E-state index contributed by atoms with van der Waals surface area (Å²) in [6.07, 6.45) is 4.57. The van der Waals surface area contributed by atoms with Crippen molar-refractivity contribution in [2.24, 2.45) is 7.05 Å². The summed E-state index contributed by atoms with van der Waals surface area (Å²) < 4.78 is 3.96. The molecule has 126 valence electrons. The number of aliphatic hydroxyl groups excluding tert-OH is 1. The molecule has 0 atom stereocenters. The standard InChI is InChI=1S/C18H23N5O/c1-21-10-7-14-15(5-4-6-16(14)21)18-19-17(23(20-18)11-12-24)13-22-8-2-3-9-22/h4-7,10,24H,2-3,8-9,11-13H2,1H3. The molecular weight excluding hydrogens is 302 g/mol. The van der Waals surface area contributed by atoms with Crippen molar-refractivity contribution in [3.8, 4) is 11.4 Å². The lowest BCUT2D eigenvalue weighted by Crippen LogP contribution is -2.22. The van der Waals surface area contributed by atoms with Crippen LogP contribution in [0.1, 0.15) is 18.7 Å². The zero-order valence-electron chi connectivity index (χ0n) is 14.0. The molecule has 2 aromatic heterocycles. The van der Waals surface area contributed by atoms with Gasteiger partial charge in [0.2, 0.25) is 0 Å². The minimum atomic E-state index is 0.0747. The van der Waals surface area contributed by atoms with E-state index in [9.17, 15) is 5.11 Å². The number of hydrogen-bond acceptors (Lipinski definition) is 4. The second kappa shape index (κ2) is 6.37. The summed E-state index contributed by atoms with van der Waals surface area (Å²) in [5.74, 6) is 1.68. The van der Waals surface area contributed by atoms with Crippen molar-refractivity contribution in [1.29, 1.82) is 0 Å². The van der Waals surface area contributed by atoms with E-state index < -0.39 is 0 Å². The molecule has 24 heavy (non-hydrogen) atoms. The van der Waals surface area contributed by atoms with Crippen LogP contribution in [0.5, 0.6) is 0 Å². The molecule has 4 rings (SSSR count). The van der Waals surface area contributed by atoms with Crippen LogP contribution < -0.4 is 0 Å². The molecule has 6 heteroatoms. The zero-order chi connectivity index (χ0) is 16.5. The predicted molar refractivity (Wildman–Crippen MR) is 93.5 cm³/mol. The Morgan fingerprint density at radius 2 is 2.00 bits per heavy atom. The lowest BCUT2D eigenvalue weighted by Gasteiger charge is -2.13. The van der Waals surface area contributed by atoms with E-state index in [1.54, 1.807) is 0 Å². The van der Waals surface area contributed by atoms with Gasteiger partial charge in [-0.3, -0.25) is 4.90 Å². The molecule has 1 aromatic carbocycles. The highest BCUT2D eigenvalue weighted by atomic mass is 16.3. The van der Waals surface area contributed by atoms with Crippen LogP contribution >= 0.6 is 0 Å². The Hall–Kier alpha value is -2.18. The van der Waals surface area contributed by atoms with Crippen molar-refractivity contribution >= 4 is 10.9 Å². The van der Waals surface area contributed by atoms with Gasteiger partial charge in [-0.1, -0.05) is 12.1 Å². The quantitative estimate of drug-likeness (QED) is 0.780. The van der Waals surface area contributed by atoms with Gasteiger partial charge in [0.1, 0.15) is 5.82 Å². The maximum absolute atomic E-state index is 9.35. The number of fused-ring (bicyclic) bond motifs is 1. The highest BCUT2D eigenvalue weighted by Gasteiger charge is 2.18. The first-order chi connectivity index (χ1) is 11.8. The van der Waals surface area contributed by atoms with E-state index in [0.29, 0.717) is 6.54 Å². The second-order valence-corrected chi connectivity index (χ2v) is 6.45. The number of aryl methyl sites for hydroxylation is 1. The summed E-state index contributed by atoms with van der Waals surface area (Å²) in [6, 6.07) is 8.33. The van der Waals surface area contributed by atoms with Gasteiger partial charge in [-0.25, -0.2) is 9.67 Å². The summed E-state index contributed by atoms with van der Waals surface area (Å²) in [5.41, 5.74) is 2.22. The van der Waals surface area contributed by atoms with Gasteiger partial charge in [-0.15, -0.1) is 0 Å². The summed E-state index contributed by atoms with van der Waals surface area (Å²) in [5, 5.41) is 15.2. The minimum absolute atomic E-state index is 0.0747. The molecule has 0 spiro atoms. The van der Waals surface area contributed by atoms with Crippen LogP contribution in [-0.2, 0) is 20.1 Å². The summed E-state index contributed by atoms with van der Waals surface area (Å²) in [7, 11) is 2.04. The number of nitrogens with zero attached hydrogens (tertiary/aromatic N) is 5. The van der Waals surface area contributed by atoms with Gasteiger partial charge in [0.05, 0.1) is 19.7 Å². The lowest BCUT2D eigenvalue weighted by atomic mass is 10.1. The fourth-order valence-electron chi connectivity index (χ4n) is 3.52. The van der Waals surface area contributed by atoms with E-state index in [0.717, 1.165) is 42.2 Å². The van der Waals surface area contributed by atoms with Gasteiger partial charge in [0, 0.05) is 29.7 Å². The molecule has 1 fully saturated rings. The Balaban J connectivity index is 1.74. The first-order valence-corrected chi connectivity index (χ1v) is 8.57. The van der Waals surface area contributed by atoms with Crippen LogP contribution in [0, 0.1) is 0 Å². The Kier molecular flexibility index (Phi) is 4.08. The van der Waals surface area contributed by atoms with Crippen LogP contribution in [0.3, 0.4) is 0 Å². The molecule has 0 saturated carbocycles. The van der Waals surface area contributed by atoms with Crippen molar-refractivity contribution in [1.82, 2.24) is 24.2 Å². The van der Waals surface area contributed by atoms with E-state index in [4.69, 9.17) is 4.98 Å². The predicted octanol–water partition coefficient (Wildman–Crippen LogP) is 2.02. The smallest absolute Gasteiger partial charge is 0.182 e. The molecule has 0 aliphatic carbocycles. The number of hydrogen-bond donors (Lipinski definition) is 1. The van der Waals surface area contributed by atoms with Gasteiger partial charge >= 0.3 is 0 Å². The molecular formula is C18H23N5O. The third-order valence-corrected chi connectivity index (χ3v) is 4.79. The first kappa shape index (κ1) is 15.4. The molecule has 3 aromatic rings. The molecule has 0 amide bonds. The number of aromatic nitrogens is 4. The average Bonchev–Trinajstić information content (AvgIpc) is 3.31. The van der Waals surface area contributed by atoms with Crippen molar-refractivity contribution in [2.75, 3.05) is 19.7 Å². The van der Waals surface area contributed by atoms with Crippen LogP contribution in [0.25, 0.3) is 22.3 Å². The summed E-state index contributed by atoms with van der Waals surface area (Å²) in [4.78, 5) is 7.22. The summed E-state index contributed by atoms with van der Waals surface area (Å²) >= 11 is 0. The second-order valence-electron chi connectivity index (χ2n) is 6.45. The number of aliphatic hydroxyl groups is 1. The molecule has 0 bridgehead atoms. The van der Waals surface area contributed by atoms with Crippen molar-refractivity contribution in [3.63, 3.8) is 0 Å². The lowest BCUT2D eigenvalue weighted by molar-refractivity contribution is 0.258. The fourth-order valence-corrected chi connectivity index (χ4v) is 3.52. The normalized spacial score (nSPS) is 15.6.